The Morgan fingerprint density at radius 3 is 2.24 bits per heavy atom. The number of aromatic hydroxyl groups is 2. The second-order valence-electron chi connectivity index (χ2n) is 7.38. The van der Waals surface area contributed by atoms with E-state index in [1.165, 1.54) is 48.7 Å². The van der Waals surface area contributed by atoms with Gasteiger partial charge in [0.1, 0.15) is 5.75 Å². The molecule has 0 saturated heterocycles. The number of alkyl halides is 3. The van der Waals surface area contributed by atoms with Crippen molar-refractivity contribution in [2.45, 2.75) is 12.9 Å². The van der Waals surface area contributed by atoms with Crippen LogP contribution in [0.15, 0.2) is 66.9 Å². The number of benzene rings is 3. The number of imide groups is 1. The van der Waals surface area contributed by atoms with Crippen LogP contribution in [0.3, 0.4) is 0 Å². The van der Waals surface area contributed by atoms with E-state index in [4.69, 9.17) is 0 Å². The zero-order chi connectivity index (χ0) is 24.5. The fourth-order valence-electron chi connectivity index (χ4n) is 3.45. The number of carbonyl (C=O) groups is 2. The monoisotopic (exact) mass is 470 g/mol. The zero-order valence-corrected chi connectivity index (χ0v) is 17.3. The lowest BCUT2D eigenvalue weighted by molar-refractivity contribution is -0.274. The molecule has 1 heterocycles. The minimum atomic E-state index is -4.80. The maximum absolute atomic E-state index is 12.5. The summed E-state index contributed by atoms with van der Waals surface area (Å²) in [6.07, 6.45) is -3.37. The molecule has 2 amide bonds. The summed E-state index contributed by atoms with van der Waals surface area (Å²) >= 11 is 0. The number of ether oxygens (including phenoxy) is 1. The molecule has 0 fully saturated rings. The number of carbonyl (C=O) groups excluding carboxylic acids is 2. The lowest BCUT2D eigenvalue weighted by atomic mass is 9.91. The summed E-state index contributed by atoms with van der Waals surface area (Å²) in [5.74, 6) is -2.10. The average molecular weight is 470 g/mol. The minimum Gasteiger partial charge on any atom is -0.504 e. The molecule has 3 aromatic rings. The van der Waals surface area contributed by atoms with Gasteiger partial charge in [-0.05, 0) is 53.1 Å². The Morgan fingerprint density at radius 2 is 1.56 bits per heavy atom. The molecule has 0 atom stereocenters. The molecule has 10 heteroatoms. The van der Waals surface area contributed by atoms with Gasteiger partial charge in [-0.15, -0.1) is 13.2 Å². The number of phenols is 2. The SMILES string of the molecule is O=C1NC(=O)c2ccc(-c3ccc(OC(F)(F)F)cc3)cc2C1=CNCc1ccc(O)c(O)c1. The summed E-state index contributed by atoms with van der Waals surface area (Å²) in [6, 6.07) is 14.3. The van der Waals surface area contributed by atoms with Crippen molar-refractivity contribution in [3.63, 3.8) is 0 Å². The highest BCUT2D eigenvalue weighted by molar-refractivity contribution is 6.31. The molecule has 4 rings (SSSR count). The molecule has 0 aromatic heterocycles. The van der Waals surface area contributed by atoms with Crippen molar-refractivity contribution < 1.29 is 37.7 Å². The molecule has 174 valence electrons. The lowest BCUT2D eigenvalue weighted by Crippen LogP contribution is -2.37. The molecule has 0 bridgehead atoms. The highest BCUT2D eigenvalue weighted by atomic mass is 19.4. The Hall–Kier alpha value is -4.47. The topological polar surface area (TPSA) is 108 Å². The van der Waals surface area contributed by atoms with Crippen LogP contribution in [-0.4, -0.2) is 28.4 Å². The molecule has 1 aliphatic heterocycles. The van der Waals surface area contributed by atoms with Crippen LogP contribution >= 0.6 is 0 Å². The van der Waals surface area contributed by atoms with Gasteiger partial charge in [-0.3, -0.25) is 14.9 Å². The lowest BCUT2D eigenvalue weighted by Gasteiger charge is -2.19. The fourth-order valence-corrected chi connectivity index (χ4v) is 3.45. The van der Waals surface area contributed by atoms with Crippen molar-refractivity contribution in [1.82, 2.24) is 10.6 Å². The normalized spacial score (nSPS) is 14.5. The van der Waals surface area contributed by atoms with Crippen molar-refractivity contribution in [3.05, 3.63) is 83.6 Å². The molecular formula is C24H17F3N2O5. The number of fused-ring (bicyclic) bond motifs is 1. The van der Waals surface area contributed by atoms with Crippen molar-refractivity contribution in [2.24, 2.45) is 0 Å². The van der Waals surface area contributed by atoms with E-state index in [1.807, 2.05) is 0 Å². The molecule has 7 nitrogen and oxygen atoms in total. The minimum absolute atomic E-state index is 0.177. The van der Waals surface area contributed by atoms with Gasteiger partial charge in [-0.1, -0.05) is 24.3 Å². The van der Waals surface area contributed by atoms with Crippen LogP contribution in [0.5, 0.6) is 17.2 Å². The molecule has 0 saturated carbocycles. The first-order valence-corrected chi connectivity index (χ1v) is 9.91. The van der Waals surface area contributed by atoms with Crippen LogP contribution < -0.4 is 15.4 Å². The molecule has 0 unspecified atom stereocenters. The smallest absolute Gasteiger partial charge is 0.504 e. The van der Waals surface area contributed by atoms with Crippen molar-refractivity contribution >= 4 is 17.4 Å². The summed E-state index contributed by atoms with van der Waals surface area (Å²) < 4.78 is 41.0. The number of phenolic OH excluding ortho intramolecular Hbond substituents is 2. The predicted octanol–water partition coefficient (Wildman–Crippen LogP) is 4.06. The quantitative estimate of drug-likeness (QED) is 0.255. The molecule has 0 radical (unpaired) electrons. The van der Waals surface area contributed by atoms with E-state index in [2.05, 4.69) is 15.4 Å². The first-order chi connectivity index (χ1) is 16.1. The van der Waals surface area contributed by atoms with Gasteiger partial charge < -0.3 is 20.3 Å². The van der Waals surface area contributed by atoms with Gasteiger partial charge >= 0.3 is 6.36 Å². The number of rotatable bonds is 5. The van der Waals surface area contributed by atoms with Crippen LogP contribution in [0.4, 0.5) is 13.2 Å². The second kappa shape index (κ2) is 8.81. The van der Waals surface area contributed by atoms with Gasteiger partial charge in [0.25, 0.3) is 11.8 Å². The van der Waals surface area contributed by atoms with Crippen molar-refractivity contribution in [2.75, 3.05) is 0 Å². The Labute approximate surface area is 191 Å². The van der Waals surface area contributed by atoms with Crippen LogP contribution in [0.1, 0.15) is 21.5 Å². The summed E-state index contributed by atoms with van der Waals surface area (Å²) in [7, 11) is 0. The highest BCUT2D eigenvalue weighted by Gasteiger charge is 2.31. The number of amides is 2. The van der Waals surface area contributed by atoms with E-state index in [0.29, 0.717) is 22.3 Å². The standard InChI is InChI=1S/C24H17F3N2O5/c25-24(26,27)34-16-5-2-14(3-6-16)15-4-7-17-18(10-15)19(23(33)29-22(17)32)12-28-11-13-1-8-20(30)21(31)9-13/h1-10,12,28,30-31H,11H2,(H,29,32,33). The second-order valence-corrected chi connectivity index (χ2v) is 7.38. The maximum Gasteiger partial charge on any atom is 0.573 e. The molecule has 4 N–H and O–H groups in total. The Bertz CT molecular complexity index is 1300. The van der Waals surface area contributed by atoms with Gasteiger partial charge in [0.2, 0.25) is 0 Å². The highest BCUT2D eigenvalue weighted by Crippen LogP contribution is 2.31. The summed E-state index contributed by atoms with van der Waals surface area (Å²) in [5, 5.41) is 24.2. The fraction of sp³-hybridized carbons (Fsp3) is 0.0833. The third-order valence-corrected chi connectivity index (χ3v) is 5.04. The first kappa shape index (κ1) is 22.7. The van der Waals surface area contributed by atoms with E-state index < -0.39 is 18.2 Å². The summed E-state index contributed by atoms with van der Waals surface area (Å²) in [6.45, 7) is 0.217. The summed E-state index contributed by atoms with van der Waals surface area (Å²) in [5.41, 5.74) is 2.56. The first-order valence-electron chi connectivity index (χ1n) is 9.91. The van der Waals surface area contributed by atoms with Gasteiger partial charge in [-0.2, -0.15) is 0 Å². The van der Waals surface area contributed by atoms with Crippen molar-refractivity contribution in [1.29, 1.82) is 0 Å². The van der Waals surface area contributed by atoms with Crippen LogP contribution in [0.25, 0.3) is 16.7 Å². The zero-order valence-electron chi connectivity index (χ0n) is 17.3. The van der Waals surface area contributed by atoms with Crippen LogP contribution in [-0.2, 0) is 11.3 Å². The number of hydrogen-bond acceptors (Lipinski definition) is 6. The molecule has 34 heavy (non-hydrogen) atoms. The van der Waals surface area contributed by atoms with Gasteiger partial charge in [-0.25, -0.2) is 0 Å². The molecule has 3 aromatic carbocycles. The van der Waals surface area contributed by atoms with Gasteiger partial charge in [0, 0.05) is 23.9 Å². The summed E-state index contributed by atoms with van der Waals surface area (Å²) in [4.78, 5) is 24.8. The molecule has 1 aliphatic rings. The van der Waals surface area contributed by atoms with Gasteiger partial charge in [0.15, 0.2) is 11.5 Å². The third-order valence-electron chi connectivity index (χ3n) is 5.04. The Morgan fingerprint density at radius 1 is 0.853 bits per heavy atom. The average Bonchev–Trinajstić information content (AvgIpc) is 2.77. The molecule has 0 spiro atoms. The van der Waals surface area contributed by atoms with E-state index in [1.54, 1.807) is 18.2 Å². The number of halogens is 3. The number of nitrogens with one attached hydrogen (secondary N) is 2. The van der Waals surface area contributed by atoms with Crippen LogP contribution in [0, 0.1) is 0 Å². The Balaban J connectivity index is 1.61. The number of hydrogen-bond donors (Lipinski definition) is 4. The predicted molar refractivity (Wildman–Crippen MR) is 116 cm³/mol. The Kier molecular flexibility index (Phi) is 5.89. The van der Waals surface area contributed by atoms with E-state index in [9.17, 15) is 33.0 Å². The van der Waals surface area contributed by atoms with E-state index >= 15 is 0 Å². The largest absolute Gasteiger partial charge is 0.573 e. The molecule has 0 aliphatic carbocycles. The van der Waals surface area contributed by atoms with Gasteiger partial charge in [0.05, 0.1) is 5.57 Å². The van der Waals surface area contributed by atoms with E-state index in [0.717, 1.165) is 0 Å². The van der Waals surface area contributed by atoms with E-state index in [-0.39, 0.29) is 34.9 Å². The third kappa shape index (κ3) is 4.96. The van der Waals surface area contributed by atoms with Crippen molar-refractivity contribution in [3.8, 4) is 28.4 Å². The molecular weight excluding hydrogens is 453 g/mol. The van der Waals surface area contributed by atoms with Crippen LogP contribution in [0.2, 0.25) is 0 Å². The maximum atomic E-state index is 12.5.